The van der Waals surface area contributed by atoms with Crippen molar-refractivity contribution in [1.82, 2.24) is 9.73 Å². The maximum Gasteiger partial charge on any atom is 0.255 e. The van der Waals surface area contributed by atoms with E-state index < -0.39 is 15.9 Å². The molecule has 0 aliphatic carbocycles. The van der Waals surface area contributed by atoms with E-state index in [0.717, 1.165) is 28.1 Å². The van der Waals surface area contributed by atoms with Crippen molar-refractivity contribution in [1.29, 1.82) is 0 Å². The highest BCUT2D eigenvalue weighted by atomic mass is 32.2. The van der Waals surface area contributed by atoms with E-state index in [1.54, 1.807) is 0 Å². The fourth-order valence-electron chi connectivity index (χ4n) is 2.47. The molecule has 1 N–H and O–H groups in total. The standard InChI is InChI=1S/C20H25N3O3S/c1-3-17-9-11-19(12-10-17)15-21-22-20(24)16-23(27(2,25)26)14-13-18-7-5-4-6-8-18/h4-12,15H,3,13-14,16H2,1-2H3,(H,22,24). The van der Waals surface area contributed by atoms with Crippen molar-refractivity contribution >= 4 is 22.1 Å². The van der Waals surface area contributed by atoms with Gasteiger partial charge >= 0.3 is 0 Å². The lowest BCUT2D eigenvalue weighted by Crippen LogP contribution is -2.40. The third-order valence-electron chi connectivity index (χ3n) is 4.07. The monoisotopic (exact) mass is 387 g/mol. The number of carbonyl (C=O) groups is 1. The van der Waals surface area contributed by atoms with Gasteiger partial charge in [0, 0.05) is 6.54 Å². The zero-order valence-corrected chi connectivity index (χ0v) is 16.4. The lowest BCUT2D eigenvalue weighted by molar-refractivity contribution is -0.121. The fourth-order valence-corrected chi connectivity index (χ4v) is 3.25. The average Bonchev–Trinajstić information content (AvgIpc) is 2.65. The summed E-state index contributed by atoms with van der Waals surface area (Å²) < 4.78 is 25.1. The number of rotatable bonds is 9. The van der Waals surface area contributed by atoms with Crippen LogP contribution in [0.3, 0.4) is 0 Å². The number of benzene rings is 2. The lowest BCUT2D eigenvalue weighted by atomic mass is 10.1. The number of nitrogens with one attached hydrogen (secondary N) is 1. The van der Waals surface area contributed by atoms with Gasteiger partial charge in [0.25, 0.3) is 5.91 Å². The number of hydrogen-bond donors (Lipinski definition) is 1. The molecule has 144 valence electrons. The molecule has 0 heterocycles. The largest absolute Gasteiger partial charge is 0.272 e. The topological polar surface area (TPSA) is 78.8 Å². The molecule has 2 aromatic carbocycles. The van der Waals surface area contributed by atoms with Gasteiger partial charge in [-0.2, -0.15) is 9.41 Å². The molecule has 6 nitrogen and oxygen atoms in total. The van der Waals surface area contributed by atoms with E-state index in [9.17, 15) is 13.2 Å². The predicted octanol–water partition coefficient (Wildman–Crippen LogP) is 2.20. The summed E-state index contributed by atoms with van der Waals surface area (Å²) in [4.78, 5) is 12.1. The van der Waals surface area contributed by atoms with Crippen LogP contribution >= 0.6 is 0 Å². The van der Waals surface area contributed by atoms with Crippen LogP contribution in [0.1, 0.15) is 23.6 Å². The van der Waals surface area contributed by atoms with Gasteiger partial charge in [0.05, 0.1) is 19.0 Å². The molecule has 0 aromatic heterocycles. The normalized spacial score (nSPS) is 11.8. The van der Waals surface area contributed by atoms with Crippen LogP contribution in [-0.4, -0.2) is 44.2 Å². The van der Waals surface area contributed by atoms with Crippen LogP contribution < -0.4 is 5.43 Å². The molecule has 27 heavy (non-hydrogen) atoms. The highest BCUT2D eigenvalue weighted by molar-refractivity contribution is 7.88. The highest BCUT2D eigenvalue weighted by Gasteiger charge is 2.19. The molecule has 7 heteroatoms. The van der Waals surface area contributed by atoms with Gasteiger partial charge in [-0.15, -0.1) is 0 Å². The number of aryl methyl sites for hydroxylation is 1. The number of nitrogens with zero attached hydrogens (tertiary/aromatic N) is 2. The van der Waals surface area contributed by atoms with Gasteiger partial charge in [-0.05, 0) is 29.5 Å². The summed E-state index contributed by atoms with van der Waals surface area (Å²) in [5, 5.41) is 3.90. The molecule has 0 aliphatic heterocycles. The molecule has 0 saturated carbocycles. The molecule has 2 aromatic rings. The molecule has 0 fully saturated rings. The average molecular weight is 388 g/mol. The van der Waals surface area contributed by atoms with Gasteiger partial charge in [-0.25, -0.2) is 13.8 Å². The first kappa shape index (κ1) is 20.8. The third kappa shape index (κ3) is 7.32. The SMILES string of the molecule is CCc1ccc(C=NNC(=O)CN(CCc2ccccc2)S(C)(=O)=O)cc1. The molecule has 1 amide bonds. The molecule has 0 spiro atoms. The van der Waals surface area contributed by atoms with Crippen LogP contribution in [0.5, 0.6) is 0 Å². The van der Waals surface area contributed by atoms with Crippen molar-refractivity contribution in [3.05, 3.63) is 71.3 Å². The second kappa shape index (κ2) is 9.99. The van der Waals surface area contributed by atoms with Gasteiger partial charge < -0.3 is 0 Å². The minimum Gasteiger partial charge on any atom is -0.272 e. The summed E-state index contributed by atoms with van der Waals surface area (Å²) in [5.41, 5.74) is 5.48. The molecule has 0 radical (unpaired) electrons. The first-order valence-corrected chi connectivity index (χ1v) is 10.6. The Bertz CT molecular complexity index is 863. The van der Waals surface area contributed by atoms with E-state index in [4.69, 9.17) is 0 Å². The second-order valence-electron chi connectivity index (χ2n) is 6.22. The molecule has 0 aliphatic rings. The number of carbonyl (C=O) groups excluding carboxylic acids is 1. The van der Waals surface area contributed by atoms with Crippen molar-refractivity contribution < 1.29 is 13.2 Å². The van der Waals surface area contributed by atoms with Crippen molar-refractivity contribution in [3.8, 4) is 0 Å². The number of sulfonamides is 1. The second-order valence-corrected chi connectivity index (χ2v) is 8.20. The van der Waals surface area contributed by atoms with Crippen molar-refractivity contribution in [2.24, 2.45) is 5.10 Å². The molecular formula is C20H25N3O3S. The minimum absolute atomic E-state index is 0.235. The zero-order valence-electron chi connectivity index (χ0n) is 15.6. The number of hydrogen-bond acceptors (Lipinski definition) is 4. The van der Waals surface area contributed by atoms with E-state index in [2.05, 4.69) is 17.5 Å². The van der Waals surface area contributed by atoms with E-state index in [-0.39, 0.29) is 13.1 Å². The lowest BCUT2D eigenvalue weighted by Gasteiger charge is -2.18. The summed E-state index contributed by atoms with van der Waals surface area (Å²) >= 11 is 0. The van der Waals surface area contributed by atoms with Crippen LogP contribution in [0.4, 0.5) is 0 Å². The van der Waals surface area contributed by atoms with Crippen LogP contribution in [0, 0.1) is 0 Å². The Labute approximate surface area is 161 Å². The summed E-state index contributed by atoms with van der Waals surface area (Å²) in [6.07, 6.45) is 4.13. The maximum absolute atomic E-state index is 12.1. The van der Waals surface area contributed by atoms with Gasteiger partial charge in [0.2, 0.25) is 10.0 Å². The van der Waals surface area contributed by atoms with Gasteiger partial charge in [0.1, 0.15) is 0 Å². The van der Waals surface area contributed by atoms with Crippen LogP contribution in [-0.2, 0) is 27.7 Å². The Balaban J connectivity index is 1.89. The van der Waals surface area contributed by atoms with E-state index in [1.807, 2.05) is 54.6 Å². The fraction of sp³-hybridized carbons (Fsp3) is 0.300. The predicted molar refractivity (Wildman–Crippen MR) is 108 cm³/mol. The summed E-state index contributed by atoms with van der Waals surface area (Å²) in [5.74, 6) is -0.477. The van der Waals surface area contributed by atoms with Gasteiger partial charge in [0.15, 0.2) is 0 Å². The Kier molecular flexibility index (Phi) is 7.69. The summed E-state index contributed by atoms with van der Waals surface area (Å²) in [6, 6.07) is 17.4. The molecule has 0 bridgehead atoms. The van der Waals surface area contributed by atoms with Crippen LogP contribution in [0.15, 0.2) is 59.7 Å². The number of hydrazone groups is 1. The molecule has 2 rings (SSSR count). The smallest absolute Gasteiger partial charge is 0.255 e. The highest BCUT2D eigenvalue weighted by Crippen LogP contribution is 2.05. The number of amides is 1. The zero-order chi connectivity index (χ0) is 19.7. The van der Waals surface area contributed by atoms with Crippen molar-refractivity contribution in [2.75, 3.05) is 19.3 Å². The third-order valence-corrected chi connectivity index (χ3v) is 5.32. The molecular weight excluding hydrogens is 362 g/mol. The van der Waals surface area contributed by atoms with E-state index in [0.29, 0.717) is 6.42 Å². The Hall–Kier alpha value is -2.51. The van der Waals surface area contributed by atoms with Crippen LogP contribution in [0.25, 0.3) is 0 Å². The Morgan fingerprint density at radius 2 is 1.74 bits per heavy atom. The first-order valence-electron chi connectivity index (χ1n) is 8.78. The molecule has 0 unspecified atom stereocenters. The Morgan fingerprint density at radius 1 is 1.07 bits per heavy atom. The van der Waals surface area contributed by atoms with E-state index in [1.165, 1.54) is 11.8 Å². The molecule has 0 atom stereocenters. The summed E-state index contributed by atoms with van der Waals surface area (Å²) in [7, 11) is -3.49. The maximum atomic E-state index is 12.1. The van der Waals surface area contributed by atoms with Crippen molar-refractivity contribution in [2.45, 2.75) is 19.8 Å². The molecule has 0 saturated heterocycles. The summed E-state index contributed by atoms with van der Waals surface area (Å²) in [6.45, 7) is 2.05. The van der Waals surface area contributed by atoms with Gasteiger partial charge in [-0.3, -0.25) is 4.79 Å². The first-order chi connectivity index (χ1) is 12.9. The van der Waals surface area contributed by atoms with Crippen LogP contribution in [0.2, 0.25) is 0 Å². The quantitative estimate of drug-likeness (QED) is 0.529. The van der Waals surface area contributed by atoms with E-state index >= 15 is 0 Å². The van der Waals surface area contributed by atoms with Gasteiger partial charge in [-0.1, -0.05) is 61.5 Å². The Morgan fingerprint density at radius 3 is 2.33 bits per heavy atom. The van der Waals surface area contributed by atoms with Crippen molar-refractivity contribution in [3.63, 3.8) is 0 Å². The minimum atomic E-state index is -3.49.